The van der Waals surface area contributed by atoms with Crippen LogP contribution in [-0.2, 0) is 7.05 Å². The standard InChI is InChI=1S/C11H11ClFN3/c1-6-10(15-16(2)11(6)14)7-4-3-5-8(13)9(7)12/h3-5H,14H2,1-2H3. The van der Waals surface area contributed by atoms with Gasteiger partial charge >= 0.3 is 0 Å². The van der Waals surface area contributed by atoms with Crippen molar-refractivity contribution < 1.29 is 4.39 Å². The minimum atomic E-state index is -0.456. The predicted octanol–water partition coefficient (Wildman–Crippen LogP) is 2.77. The van der Waals surface area contributed by atoms with Crippen LogP contribution in [0.4, 0.5) is 10.2 Å². The van der Waals surface area contributed by atoms with Crippen LogP contribution in [0.1, 0.15) is 5.56 Å². The lowest BCUT2D eigenvalue weighted by molar-refractivity contribution is 0.628. The lowest BCUT2D eigenvalue weighted by atomic mass is 10.1. The molecule has 0 amide bonds. The topological polar surface area (TPSA) is 43.8 Å². The summed E-state index contributed by atoms with van der Waals surface area (Å²) in [6.45, 7) is 1.83. The molecule has 1 heterocycles. The Morgan fingerprint density at radius 1 is 1.44 bits per heavy atom. The molecule has 0 aliphatic rings. The molecular weight excluding hydrogens is 229 g/mol. The molecule has 0 saturated carbocycles. The molecule has 0 spiro atoms. The highest BCUT2D eigenvalue weighted by atomic mass is 35.5. The SMILES string of the molecule is Cc1c(-c2cccc(F)c2Cl)nn(C)c1N. The van der Waals surface area contributed by atoms with Crippen molar-refractivity contribution in [1.29, 1.82) is 0 Å². The molecule has 2 rings (SSSR count). The van der Waals surface area contributed by atoms with Crippen molar-refractivity contribution in [2.75, 3.05) is 5.73 Å². The van der Waals surface area contributed by atoms with Gasteiger partial charge in [-0.25, -0.2) is 4.39 Å². The van der Waals surface area contributed by atoms with Crippen LogP contribution in [0.2, 0.25) is 5.02 Å². The van der Waals surface area contributed by atoms with Crippen LogP contribution in [0.5, 0.6) is 0 Å². The molecule has 0 bridgehead atoms. The first-order valence-electron chi connectivity index (χ1n) is 4.76. The number of nitrogens with two attached hydrogens (primary N) is 1. The third-order valence-electron chi connectivity index (χ3n) is 2.54. The van der Waals surface area contributed by atoms with Gasteiger partial charge in [-0.2, -0.15) is 5.10 Å². The van der Waals surface area contributed by atoms with Crippen LogP contribution in [0.3, 0.4) is 0 Å². The smallest absolute Gasteiger partial charge is 0.142 e. The average Bonchev–Trinajstić information content (AvgIpc) is 2.50. The van der Waals surface area contributed by atoms with Gasteiger partial charge in [0, 0.05) is 18.2 Å². The Morgan fingerprint density at radius 2 is 2.12 bits per heavy atom. The lowest BCUT2D eigenvalue weighted by Gasteiger charge is -2.02. The Bertz CT molecular complexity index is 548. The van der Waals surface area contributed by atoms with Crippen molar-refractivity contribution in [3.8, 4) is 11.3 Å². The minimum Gasteiger partial charge on any atom is -0.384 e. The van der Waals surface area contributed by atoms with Crippen molar-refractivity contribution in [3.05, 3.63) is 34.6 Å². The highest BCUT2D eigenvalue weighted by molar-refractivity contribution is 6.33. The van der Waals surface area contributed by atoms with Crippen LogP contribution < -0.4 is 5.73 Å². The zero-order chi connectivity index (χ0) is 11.9. The molecule has 84 valence electrons. The Morgan fingerprint density at radius 3 is 2.69 bits per heavy atom. The van der Waals surface area contributed by atoms with Crippen molar-refractivity contribution in [2.24, 2.45) is 7.05 Å². The molecule has 3 nitrogen and oxygen atoms in total. The average molecular weight is 240 g/mol. The van der Waals surface area contributed by atoms with E-state index in [1.165, 1.54) is 6.07 Å². The second-order valence-corrected chi connectivity index (χ2v) is 3.96. The summed E-state index contributed by atoms with van der Waals surface area (Å²) in [5, 5.41) is 4.30. The summed E-state index contributed by atoms with van der Waals surface area (Å²) < 4.78 is 14.9. The second kappa shape index (κ2) is 3.79. The number of aryl methyl sites for hydroxylation is 1. The number of halogens is 2. The van der Waals surface area contributed by atoms with E-state index in [4.69, 9.17) is 17.3 Å². The van der Waals surface area contributed by atoms with E-state index in [0.717, 1.165) is 5.56 Å². The fourth-order valence-corrected chi connectivity index (χ4v) is 1.80. The Labute approximate surface area is 97.6 Å². The maximum atomic E-state index is 13.3. The molecule has 0 fully saturated rings. The molecule has 0 saturated heterocycles. The quantitative estimate of drug-likeness (QED) is 0.832. The molecule has 0 aliphatic heterocycles. The third-order valence-corrected chi connectivity index (χ3v) is 2.93. The number of hydrogen-bond acceptors (Lipinski definition) is 2. The normalized spacial score (nSPS) is 10.8. The summed E-state index contributed by atoms with van der Waals surface area (Å²) in [7, 11) is 1.74. The number of anilines is 1. The van der Waals surface area contributed by atoms with E-state index < -0.39 is 5.82 Å². The largest absolute Gasteiger partial charge is 0.384 e. The van der Waals surface area contributed by atoms with Crippen LogP contribution in [0.15, 0.2) is 18.2 Å². The molecule has 2 aromatic rings. The summed E-state index contributed by atoms with van der Waals surface area (Å²) in [6.07, 6.45) is 0. The van der Waals surface area contributed by atoms with Gasteiger partial charge in [0.25, 0.3) is 0 Å². The summed E-state index contributed by atoms with van der Waals surface area (Å²) >= 11 is 5.90. The number of hydrogen-bond donors (Lipinski definition) is 1. The first-order valence-corrected chi connectivity index (χ1v) is 5.13. The van der Waals surface area contributed by atoms with Gasteiger partial charge in [0.05, 0.1) is 10.7 Å². The van der Waals surface area contributed by atoms with E-state index >= 15 is 0 Å². The number of nitrogens with zero attached hydrogens (tertiary/aromatic N) is 2. The maximum Gasteiger partial charge on any atom is 0.142 e. The molecule has 0 aliphatic carbocycles. The first-order chi connectivity index (χ1) is 7.52. The monoisotopic (exact) mass is 239 g/mol. The van der Waals surface area contributed by atoms with E-state index in [1.807, 2.05) is 6.92 Å². The van der Waals surface area contributed by atoms with Crippen molar-refractivity contribution in [2.45, 2.75) is 6.92 Å². The van der Waals surface area contributed by atoms with E-state index in [1.54, 1.807) is 23.9 Å². The van der Waals surface area contributed by atoms with Crippen molar-refractivity contribution in [3.63, 3.8) is 0 Å². The van der Waals surface area contributed by atoms with E-state index in [2.05, 4.69) is 5.10 Å². The Hall–Kier alpha value is -1.55. The maximum absolute atomic E-state index is 13.3. The van der Waals surface area contributed by atoms with E-state index in [-0.39, 0.29) is 5.02 Å². The second-order valence-electron chi connectivity index (χ2n) is 3.58. The first kappa shape index (κ1) is 11.0. The minimum absolute atomic E-state index is 0.0729. The van der Waals surface area contributed by atoms with Crippen LogP contribution in [0, 0.1) is 12.7 Å². The zero-order valence-corrected chi connectivity index (χ0v) is 9.72. The predicted molar refractivity (Wildman–Crippen MR) is 62.8 cm³/mol. The number of aromatic nitrogens is 2. The van der Waals surface area contributed by atoms with Gasteiger partial charge in [0.15, 0.2) is 0 Å². The van der Waals surface area contributed by atoms with Gasteiger partial charge in [-0.3, -0.25) is 4.68 Å². The van der Waals surface area contributed by atoms with Crippen molar-refractivity contribution >= 4 is 17.4 Å². The molecule has 0 atom stereocenters. The summed E-state index contributed by atoms with van der Waals surface area (Å²) in [5.74, 6) is 0.0955. The third kappa shape index (κ3) is 1.55. The molecule has 0 unspecified atom stereocenters. The molecule has 16 heavy (non-hydrogen) atoms. The lowest BCUT2D eigenvalue weighted by Crippen LogP contribution is -1.97. The van der Waals surface area contributed by atoms with Crippen LogP contribution >= 0.6 is 11.6 Å². The van der Waals surface area contributed by atoms with Crippen molar-refractivity contribution in [1.82, 2.24) is 9.78 Å². The molecule has 2 N–H and O–H groups in total. The summed E-state index contributed by atoms with van der Waals surface area (Å²) in [4.78, 5) is 0. The Balaban J connectivity index is 2.68. The summed E-state index contributed by atoms with van der Waals surface area (Å²) in [5.41, 5.74) is 7.77. The van der Waals surface area contributed by atoms with Gasteiger partial charge in [-0.15, -0.1) is 0 Å². The number of nitrogen functional groups attached to an aromatic ring is 1. The van der Waals surface area contributed by atoms with Gasteiger partial charge in [-0.1, -0.05) is 23.7 Å². The summed E-state index contributed by atoms with van der Waals surface area (Å²) in [6, 6.07) is 4.63. The fraction of sp³-hybridized carbons (Fsp3) is 0.182. The number of rotatable bonds is 1. The molecular formula is C11H11ClFN3. The number of benzene rings is 1. The fourth-order valence-electron chi connectivity index (χ4n) is 1.59. The molecule has 1 aromatic carbocycles. The van der Waals surface area contributed by atoms with Crippen LogP contribution in [0.25, 0.3) is 11.3 Å². The van der Waals surface area contributed by atoms with Gasteiger partial charge < -0.3 is 5.73 Å². The van der Waals surface area contributed by atoms with E-state index in [9.17, 15) is 4.39 Å². The van der Waals surface area contributed by atoms with Gasteiger partial charge in [0.1, 0.15) is 11.6 Å². The Kier molecular flexibility index (Phi) is 2.59. The van der Waals surface area contributed by atoms with E-state index in [0.29, 0.717) is 17.1 Å². The van der Waals surface area contributed by atoms with Gasteiger partial charge in [0.2, 0.25) is 0 Å². The molecule has 0 radical (unpaired) electrons. The van der Waals surface area contributed by atoms with Gasteiger partial charge in [-0.05, 0) is 13.0 Å². The molecule has 1 aromatic heterocycles. The molecule has 5 heteroatoms. The van der Waals surface area contributed by atoms with Crippen LogP contribution in [-0.4, -0.2) is 9.78 Å². The zero-order valence-electron chi connectivity index (χ0n) is 8.96. The highest BCUT2D eigenvalue weighted by Gasteiger charge is 2.15. The highest BCUT2D eigenvalue weighted by Crippen LogP contribution is 2.32.